The van der Waals surface area contributed by atoms with Gasteiger partial charge in [-0.05, 0) is 37.0 Å². The minimum atomic E-state index is -4.67. The SMILES string of the molecule is Fc1ccccc1C(Nc1ccc2nnc(C(F)(F)F)n2n1)C1CCCC1. The first kappa shape index (κ1) is 17.7. The normalized spacial score (nSPS) is 16.7. The maximum atomic E-state index is 14.4. The summed E-state index contributed by atoms with van der Waals surface area (Å²) in [6, 6.07) is 9.02. The van der Waals surface area contributed by atoms with Gasteiger partial charge in [-0.15, -0.1) is 15.3 Å². The van der Waals surface area contributed by atoms with E-state index in [1.165, 1.54) is 18.2 Å². The molecule has 1 N–H and O–H groups in total. The van der Waals surface area contributed by atoms with Gasteiger partial charge in [0, 0.05) is 5.56 Å². The van der Waals surface area contributed by atoms with Crippen LogP contribution < -0.4 is 5.32 Å². The second-order valence-corrected chi connectivity index (χ2v) is 6.70. The molecule has 0 bridgehead atoms. The molecule has 0 radical (unpaired) electrons. The van der Waals surface area contributed by atoms with E-state index in [0.717, 1.165) is 25.7 Å². The molecule has 2 aromatic heterocycles. The van der Waals surface area contributed by atoms with Crippen LogP contribution >= 0.6 is 0 Å². The van der Waals surface area contributed by atoms with Crippen LogP contribution in [-0.2, 0) is 6.18 Å². The molecule has 1 aromatic carbocycles. The van der Waals surface area contributed by atoms with Crippen LogP contribution in [0.1, 0.15) is 43.1 Å². The summed E-state index contributed by atoms with van der Waals surface area (Å²) < 4.78 is 54.3. The Morgan fingerprint density at radius 1 is 1.04 bits per heavy atom. The van der Waals surface area contributed by atoms with Gasteiger partial charge in [-0.3, -0.25) is 0 Å². The first-order valence-electron chi connectivity index (χ1n) is 8.74. The summed E-state index contributed by atoms with van der Waals surface area (Å²) >= 11 is 0. The second kappa shape index (κ2) is 6.79. The molecule has 1 fully saturated rings. The fourth-order valence-electron chi connectivity index (χ4n) is 3.67. The molecule has 2 heterocycles. The lowest BCUT2D eigenvalue weighted by Crippen LogP contribution is -2.21. The molecule has 1 aliphatic carbocycles. The first-order chi connectivity index (χ1) is 12.9. The Kier molecular flexibility index (Phi) is 4.45. The van der Waals surface area contributed by atoms with E-state index in [1.54, 1.807) is 18.2 Å². The average Bonchev–Trinajstić information content (AvgIpc) is 3.29. The summed E-state index contributed by atoms with van der Waals surface area (Å²) in [6.45, 7) is 0. The Labute approximate surface area is 152 Å². The standard InChI is InChI=1S/C18H17F4N5/c19-13-8-4-3-7-12(13)16(11-5-1-2-6-11)23-14-9-10-15-24-25-17(18(20,21)22)27(15)26-14/h3-4,7-11,16H,1-2,5-6H2,(H,23,26). The lowest BCUT2D eigenvalue weighted by atomic mass is 9.91. The summed E-state index contributed by atoms with van der Waals surface area (Å²) in [6.07, 6.45) is -0.717. The number of alkyl halides is 3. The molecule has 3 aromatic rings. The highest BCUT2D eigenvalue weighted by Crippen LogP contribution is 2.38. The number of nitrogens with zero attached hydrogens (tertiary/aromatic N) is 4. The fraction of sp³-hybridized carbons (Fsp3) is 0.389. The zero-order valence-corrected chi connectivity index (χ0v) is 14.2. The molecule has 1 aliphatic rings. The summed E-state index contributed by atoms with van der Waals surface area (Å²) in [5, 5.41) is 13.8. The Balaban J connectivity index is 1.71. The third-order valence-electron chi connectivity index (χ3n) is 4.93. The number of benzene rings is 1. The van der Waals surface area contributed by atoms with Crippen molar-refractivity contribution >= 4 is 11.5 Å². The van der Waals surface area contributed by atoms with Crippen molar-refractivity contribution < 1.29 is 17.6 Å². The maximum absolute atomic E-state index is 14.4. The van der Waals surface area contributed by atoms with E-state index in [9.17, 15) is 17.6 Å². The fourth-order valence-corrected chi connectivity index (χ4v) is 3.67. The van der Waals surface area contributed by atoms with Gasteiger partial charge in [-0.25, -0.2) is 4.39 Å². The molecule has 142 valence electrons. The number of hydrogen-bond donors (Lipinski definition) is 1. The highest BCUT2D eigenvalue weighted by Gasteiger charge is 2.38. The largest absolute Gasteiger partial charge is 0.453 e. The van der Waals surface area contributed by atoms with Crippen molar-refractivity contribution in [3.63, 3.8) is 0 Å². The summed E-state index contributed by atoms with van der Waals surface area (Å²) in [5.74, 6) is -1.14. The molecule has 1 atom stereocenters. The van der Waals surface area contributed by atoms with Crippen molar-refractivity contribution in [2.45, 2.75) is 37.9 Å². The molecule has 1 saturated carbocycles. The zero-order valence-electron chi connectivity index (χ0n) is 14.2. The molecule has 5 nitrogen and oxygen atoms in total. The molecule has 0 spiro atoms. The van der Waals surface area contributed by atoms with E-state index in [1.807, 2.05) is 0 Å². The van der Waals surface area contributed by atoms with Crippen molar-refractivity contribution in [3.05, 3.63) is 53.6 Å². The third kappa shape index (κ3) is 3.45. The molecule has 1 unspecified atom stereocenters. The van der Waals surface area contributed by atoms with E-state index >= 15 is 0 Å². The highest BCUT2D eigenvalue weighted by atomic mass is 19.4. The van der Waals surface area contributed by atoms with Crippen molar-refractivity contribution in [2.75, 3.05) is 5.32 Å². The van der Waals surface area contributed by atoms with Gasteiger partial charge in [-0.1, -0.05) is 31.0 Å². The van der Waals surface area contributed by atoms with Crippen LogP contribution in [0, 0.1) is 11.7 Å². The Bertz CT molecular complexity index is 946. The van der Waals surface area contributed by atoms with Gasteiger partial charge in [0.2, 0.25) is 0 Å². The van der Waals surface area contributed by atoms with E-state index in [-0.39, 0.29) is 29.2 Å². The maximum Gasteiger partial charge on any atom is 0.453 e. The minimum absolute atomic E-state index is 0.00353. The van der Waals surface area contributed by atoms with Crippen LogP contribution in [0.3, 0.4) is 0 Å². The Hall–Kier alpha value is -2.71. The molecular weight excluding hydrogens is 362 g/mol. The van der Waals surface area contributed by atoms with Crippen LogP contribution in [0.5, 0.6) is 0 Å². The van der Waals surface area contributed by atoms with Gasteiger partial charge >= 0.3 is 6.18 Å². The monoisotopic (exact) mass is 379 g/mol. The van der Waals surface area contributed by atoms with E-state index in [4.69, 9.17) is 0 Å². The predicted octanol–water partition coefficient (Wildman–Crippen LogP) is 4.63. The molecule has 27 heavy (non-hydrogen) atoms. The first-order valence-corrected chi connectivity index (χ1v) is 8.74. The minimum Gasteiger partial charge on any atom is -0.361 e. The number of aromatic nitrogens is 4. The number of hydrogen-bond acceptors (Lipinski definition) is 4. The van der Waals surface area contributed by atoms with Gasteiger partial charge in [0.15, 0.2) is 5.65 Å². The van der Waals surface area contributed by atoms with Crippen LogP contribution in [-0.4, -0.2) is 19.8 Å². The third-order valence-corrected chi connectivity index (χ3v) is 4.93. The number of rotatable bonds is 4. The summed E-state index contributed by atoms with van der Waals surface area (Å²) in [4.78, 5) is 0. The second-order valence-electron chi connectivity index (χ2n) is 6.70. The highest BCUT2D eigenvalue weighted by molar-refractivity contribution is 5.46. The lowest BCUT2D eigenvalue weighted by Gasteiger charge is -2.26. The van der Waals surface area contributed by atoms with Crippen molar-refractivity contribution in [2.24, 2.45) is 5.92 Å². The predicted molar refractivity (Wildman–Crippen MR) is 90.5 cm³/mol. The molecule has 9 heteroatoms. The van der Waals surface area contributed by atoms with Crippen LogP contribution in [0.2, 0.25) is 0 Å². The van der Waals surface area contributed by atoms with Gasteiger partial charge < -0.3 is 5.32 Å². The van der Waals surface area contributed by atoms with Crippen LogP contribution in [0.25, 0.3) is 5.65 Å². The summed E-state index contributed by atoms with van der Waals surface area (Å²) in [5.41, 5.74) is 0.488. The van der Waals surface area contributed by atoms with E-state index in [0.29, 0.717) is 10.1 Å². The molecule has 0 aliphatic heterocycles. The quantitative estimate of drug-likeness (QED) is 0.672. The van der Waals surface area contributed by atoms with E-state index < -0.39 is 12.0 Å². The Morgan fingerprint density at radius 3 is 2.48 bits per heavy atom. The molecular formula is C18H17F4N5. The Morgan fingerprint density at radius 2 is 1.78 bits per heavy atom. The van der Waals surface area contributed by atoms with Gasteiger partial charge in [-0.2, -0.15) is 17.7 Å². The number of halogens is 4. The smallest absolute Gasteiger partial charge is 0.361 e. The van der Waals surface area contributed by atoms with Gasteiger partial charge in [0.05, 0.1) is 6.04 Å². The number of fused-ring (bicyclic) bond motifs is 1. The molecule has 0 saturated heterocycles. The van der Waals surface area contributed by atoms with E-state index in [2.05, 4.69) is 20.6 Å². The van der Waals surface area contributed by atoms with Crippen molar-refractivity contribution in [1.29, 1.82) is 0 Å². The number of nitrogens with one attached hydrogen (secondary N) is 1. The van der Waals surface area contributed by atoms with Crippen LogP contribution in [0.4, 0.5) is 23.4 Å². The van der Waals surface area contributed by atoms with Gasteiger partial charge in [0.25, 0.3) is 5.82 Å². The topological polar surface area (TPSA) is 55.1 Å². The lowest BCUT2D eigenvalue weighted by molar-refractivity contribution is -0.146. The van der Waals surface area contributed by atoms with Crippen molar-refractivity contribution in [1.82, 2.24) is 19.8 Å². The molecule has 0 amide bonds. The average molecular weight is 379 g/mol. The zero-order chi connectivity index (χ0) is 19.0. The summed E-state index contributed by atoms with van der Waals surface area (Å²) in [7, 11) is 0. The van der Waals surface area contributed by atoms with Crippen molar-refractivity contribution in [3.8, 4) is 0 Å². The molecule has 4 rings (SSSR count). The van der Waals surface area contributed by atoms with Gasteiger partial charge in [0.1, 0.15) is 11.6 Å². The number of anilines is 1. The van der Waals surface area contributed by atoms with Crippen LogP contribution in [0.15, 0.2) is 36.4 Å².